The Morgan fingerprint density at radius 1 is 1.12 bits per heavy atom. The quantitative estimate of drug-likeness (QED) is 0.759. The smallest absolute Gasteiger partial charge is 0.137 e. The van der Waals surface area contributed by atoms with Gasteiger partial charge in [0.15, 0.2) is 0 Å². The molecule has 0 aliphatic heterocycles. The zero-order valence-corrected chi connectivity index (χ0v) is 8.59. The third kappa shape index (κ3) is 1.85. The lowest BCUT2D eigenvalue weighted by Gasteiger charge is -2.05. The van der Waals surface area contributed by atoms with E-state index in [1.807, 2.05) is 42.5 Å². The van der Waals surface area contributed by atoms with Gasteiger partial charge in [-0.25, -0.2) is 0 Å². The first-order valence-corrected chi connectivity index (χ1v) is 4.97. The van der Waals surface area contributed by atoms with Crippen molar-refractivity contribution in [2.75, 3.05) is 0 Å². The second-order valence-corrected chi connectivity index (χ2v) is 3.50. The number of pyridine rings is 1. The molecule has 0 N–H and O–H groups in total. The van der Waals surface area contributed by atoms with Crippen LogP contribution in [0.4, 0.5) is 0 Å². The molecular formula is C13H9N3. The molecule has 0 unspecified atom stereocenters. The highest BCUT2D eigenvalue weighted by Gasteiger charge is 2.09. The largest absolute Gasteiger partial charge is 0.256 e. The summed E-state index contributed by atoms with van der Waals surface area (Å²) in [5.74, 6) is -0.592. The highest BCUT2D eigenvalue weighted by Crippen LogP contribution is 2.18. The van der Waals surface area contributed by atoms with Crippen LogP contribution in [0.1, 0.15) is 5.56 Å². The van der Waals surface area contributed by atoms with Crippen molar-refractivity contribution in [2.45, 2.75) is 6.42 Å². The number of aromatic nitrogens is 1. The molecule has 3 heteroatoms. The van der Waals surface area contributed by atoms with E-state index < -0.39 is 5.92 Å². The van der Waals surface area contributed by atoms with Gasteiger partial charge in [-0.15, -0.1) is 0 Å². The third-order valence-corrected chi connectivity index (χ3v) is 2.48. The van der Waals surface area contributed by atoms with Gasteiger partial charge in [0, 0.05) is 18.0 Å². The SMILES string of the molecule is N#CC(C#N)Cc1ccnc2ccccc12. The molecule has 1 heterocycles. The van der Waals surface area contributed by atoms with Crippen LogP contribution in [-0.4, -0.2) is 4.98 Å². The topological polar surface area (TPSA) is 60.5 Å². The van der Waals surface area contributed by atoms with Crippen LogP contribution in [0.2, 0.25) is 0 Å². The Hall–Kier alpha value is -2.39. The Labute approximate surface area is 93.6 Å². The maximum absolute atomic E-state index is 8.77. The summed E-state index contributed by atoms with van der Waals surface area (Å²) in [5.41, 5.74) is 1.90. The van der Waals surface area contributed by atoms with Gasteiger partial charge in [-0.05, 0) is 17.7 Å². The fraction of sp³-hybridized carbons (Fsp3) is 0.154. The van der Waals surface area contributed by atoms with Gasteiger partial charge < -0.3 is 0 Å². The molecule has 0 atom stereocenters. The molecule has 0 aliphatic rings. The normalized spacial score (nSPS) is 9.94. The summed E-state index contributed by atoms with van der Waals surface area (Å²) in [5, 5.41) is 18.6. The van der Waals surface area contributed by atoms with Crippen molar-refractivity contribution in [1.29, 1.82) is 10.5 Å². The molecule has 1 aromatic heterocycles. The van der Waals surface area contributed by atoms with Crippen LogP contribution in [0.25, 0.3) is 10.9 Å². The molecule has 3 nitrogen and oxygen atoms in total. The van der Waals surface area contributed by atoms with E-state index in [2.05, 4.69) is 4.98 Å². The van der Waals surface area contributed by atoms with Crippen molar-refractivity contribution in [3.05, 3.63) is 42.1 Å². The maximum Gasteiger partial charge on any atom is 0.137 e. The standard InChI is InChI=1S/C13H9N3/c14-8-10(9-15)7-11-5-6-16-13-4-2-1-3-12(11)13/h1-6,10H,7H2. The van der Waals surface area contributed by atoms with Crippen LogP contribution >= 0.6 is 0 Å². The number of nitrogens with zero attached hydrogens (tertiary/aromatic N) is 3. The van der Waals surface area contributed by atoms with Gasteiger partial charge in [0.25, 0.3) is 0 Å². The zero-order valence-electron chi connectivity index (χ0n) is 8.59. The molecule has 0 aliphatic carbocycles. The predicted octanol–water partition coefficient (Wildman–Crippen LogP) is 2.44. The molecule has 0 fully saturated rings. The molecule has 0 bridgehead atoms. The van der Waals surface area contributed by atoms with E-state index in [1.54, 1.807) is 6.20 Å². The van der Waals surface area contributed by atoms with Crippen LogP contribution in [0.15, 0.2) is 36.5 Å². The fourth-order valence-electron chi connectivity index (χ4n) is 1.67. The first kappa shape index (κ1) is 10.1. The van der Waals surface area contributed by atoms with E-state index in [9.17, 15) is 0 Å². The van der Waals surface area contributed by atoms with E-state index in [-0.39, 0.29) is 0 Å². The average molecular weight is 207 g/mol. The monoisotopic (exact) mass is 207 g/mol. The van der Waals surface area contributed by atoms with Gasteiger partial charge in [0.1, 0.15) is 5.92 Å². The molecule has 16 heavy (non-hydrogen) atoms. The van der Waals surface area contributed by atoms with Gasteiger partial charge in [0.05, 0.1) is 17.7 Å². The highest BCUT2D eigenvalue weighted by molar-refractivity contribution is 5.81. The van der Waals surface area contributed by atoms with E-state index in [0.29, 0.717) is 6.42 Å². The van der Waals surface area contributed by atoms with Gasteiger partial charge >= 0.3 is 0 Å². The van der Waals surface area contributed by atoms with Crippen molar-refractivity contribution in [2.24, 2.45) is 5.92 Å². The van der Waals surface area contributed by atoms with Gasteiger partial charge in [-0.3, -0.25) is 4.98 Å². The zero-order chi connectivity index (χ0) is 11.4. The second-order valence-electron chi connectivity index (χ2n) is 3.50. The third-order valence-electron chi connectivity index (χ3n) is 2.48. The second kappa shape index (κ2) is 4.42. The van der Waals surface area contributed by atoms with Crippen molar-refractivity contribution < 1.29 is 0 Å². The molecular weight excluding hydrogens is 198 g/mol. The van der Waals surface area contributed by atoms with Crippen LogP contribution in [0.3, 0.4) is 0 Å². The lowest BCUT2D eigenvalue weighted by Crippen LogP contribution is -1.99. The average Bonchev–Trinajstić information content (AvgIpc) is 2.36. The number of rotatable bonds is 2. The van der Waals surface area contributed by atoms with Crippen molar-refractivity contribution >= 4 is 10.9 Å². The molecule has 0 amide bonds. The van der Waals surface area contributed by atoms with Gasteiger partial charge in [-0.1, -0.05) is 18.2 Å². The maximum atomic E-state index is 8.77. The van der Waals surface area contributed by atoms with Gasteiger partial charge in [-0.2, -0.15) is 10.5 Å². The van der Waals surface area contributed by atoms with Gasteiger partial charge in [0.2, 0.25) is 0 Å². The molecule has 0 saturated carbocycles. The summed E-state index contributed by atoms with van der Waals surface area (Å²) in [6, 6.07) is 13.6. The number of benzene rings is 1. The van der Waals surface area contributed by atoms with E-state index in [0.717, 1.165) is 16.5 Å². The minimum absolute atomic E-state index is 0.454. The van der Waals surface area contributed by atoms with Crippen LogP contribution in [-0.2, 0) is 6.42 Å². The van der Waals surface area contributed by atoms with Crippen molar-refractivity contribution in [3.63, 3.8) is 0 Å². The summed E-state index contributed by atoms with van der Waals surface area (Å²) >= 11 is 0. The molecule has 1 aromatic carbocycles. The van der Waals surface area contributed by atoms with Crippen LogP contribution in [0.5, 0.6) is 0 Å². The Balaban J connectivity index is 2.46. The summed E-state index contributed by atoms with van der Waals surface area (Å²) < 4.78 is 0. The number of hydrogen-bond acceptors (Lipinski definition) is 3. The number of fused-ring (bicyclic) bond motifs is 1. The fourth-order valence-corrected chi connectivity index (χ4v) is 1.67. The molecule has 76 valence electrons. The number of nitriles is 2. The van der Waals surface area contributed by atoms with Crippen molar-refractivity contribution in [1.82, 2.24) is 4.98 Å². The molecule has 0 spiro atoms. The number of para-hydroxylation sites is 1. The summed E-state index contributed by atoms with van der Waals surface area (Å²) in [6.45, 7) is 0. The Bertz CT molecular complexity index is 571. The first-order chi connectivity index (χ1) is 7.85. The van der Waals surface area contributed by atoms with E-state index in [1.165, 1.54) is 0 Å². The minimum Gasteiger partial charge on any atom is -0.256 e. The minimum atomic E-state index is -0.592. The molecule has 2 aromatic rings. The van der Waals surface area contributed by atoms with Crippen molar-refractivity contribution in [3.8, 4) is 12.1 Å². The summed E-state index contributed by atoms with van der Waals surface area (Å²) in [6.07, 6.45) is 2.17. The number of hydrogen-bond donors (Lipinski definition) is 0. The predicted molar refractivity (Wildman–Crippen MR) is 60.2 cm³/mol. The lowest BCUT2D eigenvalue weighted by molar-refractivity contribution is 0.838. The van der Waals surface area contributed by atoms with E-state index >= 15 is 0 Å². The Morgan fingerprint density at radius 2 is 1.88 bits per heavy atom. The Kier molecular flexibility index (Phi) is 2.80. The van der Waals surface area contributed by atoms with Crippen LogP contribution < -0.4 is 0 Å². The van der Waals surface area contributed by atoms with E-state index in [4.69, 9.17) is 10.5 Å². The summed E-state index contributed by atoms with van der Waals surface area (Å²) in [4.78, 5) is 4.23. The summed E-state index contributed by atoms with van der Waals surface area (Å²) in [7, 11) is 0. The Morgan fingerprint density at radius 3 is 2.62 bits per heavy atom. The van der Waals surface area contributed by atoms with Crippen LogP contribution in [0, 0.1) is 28.6 Å². The molecule has 0 saturated heterocycles. The molecule has 2 rings (SSSR count). The molecule has 0 radical (unpaired) electrons. The highest BCUT2D eigenvalue weighted by atomic mass is 14.6. The first-order valence-electron chi connectivity index (χ1n) is 4.97. The lowest BCUT2D eigenvalue weighted by atomic mass is 9.99.